The van der Waals surface area contributed by atoms with Crippen LogP contribution in [-0.2, 0) is 11.2 Å². The maximum atomic E-state index is 11.9. The Morgan fingerprint density at radius 2 is 2.12 bits per heavy atom. The molecule has 4 heteroatoms. The Morgan fingerprint density at radius 3 is 2.71 bits per heavy atom. The Bertz CT molecular complexity index is 381. The van der Waals surface area contributed by atoms with Crippen molar-refractivity contribution >= 4 is 21.8 Å². The smallest absolute Gasteiger partial charge is 0.222 e. The molecule has 17 heavy (non-hydrogen) atoms. The number of carbonyl (C=O) groups is 1. The van der Waals surface area contributed by atoms with Gasteiger partial charge in [0.15, 0.2) is 0 Å². The van der Waals surface area contributed by atoms with Gasteiger partial charge < -0.3 is 10.6 Å². The molecule has 1 amide bonds. The summed E-state index contributed by atoms with van der Waals surface area (Å²) in [4.78, 5) is 13.6. The third-order valence-electron chi connectivity index (χ3n) is 2.96. The molecular weight excluding hydrogens is 280 g/mol. The van der Waals surface area contributed by atoms with E-state index in [4.69, 9.17) is 5.73 Å². The zero-order valence-electron chi connectivity index (χ0n) is 10.3. The highest BCUT2D eigenvalue weighted by molar-refractivity contribution is 9.10. The Hall–Kier alpha value is -0.870. The number of hydrogen-bond acceptors (Lipinski definition) is 2. The Morgan fingerprint density at radius 1 is 1.47 bits per heavy atom. The molecule has 0 spiro atoms. The molecule has 0 aliphatic carbocycles. The summed E-state index contributed by atoms with van der Waals surface area (Å²) < 4.78 is 1.06. The molecule has 3 nitrogen and oxygen atoms in total. The molecule has 0 radical (unpaired) electrons. The fourth-order valence-corrected chi connectivity index (χ4v) is 2.01. The highest BCUT2D eigenvalue weighted by Gasteiger charge is 2.14. The van der Waals surface area contributed by atoms with Gasteiger partial charge in [0.1, 0.15) is 0 Å². The van der Waals surface area contributed by atoms with Crippen molar-refractivity contribution in [3.63, 3.8) is 0 Å². The minimum absolute atomic E-state index is 0.0988. The molecule has 1 atom stereocenters. The number of benzene rings is 1. The van der Waals surface area contributed by atoms with Crippen LogP contribution in [0.3, 0.4) is 0 Å². The lowest BCUT2D eigenvalue weighted by Gasteiger charge is -2.23. The summed E-state index contributed by atoms with van der Waals surface area (Å²) in [6.45, 7) is 2.45. The van der Waals surface area contributed by atoms with Crippen LogP contribution in [0.4, 0.5) is 0 Å². The van der Waals surface area contributed by atoms with Crippen molar-refractivity contribution in [1.82, 2.24) is 4.90 Å². The van der Waals surface area contributed by atoms with Gasteiger partial charge in [0.25, 0.3) is 0 Å². The van der Waals surface area contributed by atoms with Crippen LogP contribution in [0, 0.1) is 0 Å². The highest BCUT2D eigenvalue weighted by atomic mass is 79.9. The highest BCUT2D eigenvalue weighted by Crippen LogP contribution is 2.17. The number of rotatable bonds is 5. The first-order valence-electron chi connectivity index (χ1n) is 5.75. The van der Waals surface area contributed by atoms with Crippen molar-refractivity contribution in [2.24, 2.45) is 5.73 Å². The van der Waals surface area contributed by atoms with Crippen LogP contribution in [0.25, 0.3) is 0 Å². The second-order valence-electron chi connectivity index (χ2n) is 4.18. The predicted octanol–water partition coefficient (Wildman–Crippen LogP) is 2.19. The van der Waals surface area contributed by atoms with Gasteiger partial charge in [-0.25, -0.2) is 0 Å². The molecule has 0 saturated heterocycles. The van der Waals surface area contributed by atoms with E-state index in [0.717, 1.165) is 16.5 Å². The fourth-order valence-electron chi connectivity index (χ4n) is 1.52. The molecule has 1 aromatic rings. The third kappa shape index (κ3) is 4.13. The summed E-state index contributed by atoms with van der Waals surface area (Å²) >= 11 is 3.48. The molecular formula is C13H19BrN2O. The largest absolute Gasteiger partial charge is 0.342 e. The number of likely N-dealkylation sites (N-methyl/N-ethyl adjacent to an activating group) is 1. The van der Waals surface area contributed by atoms with E-state index in [2.05, 4.69) is 15.9 Å². The zero-order valence-corrected chi connectivity index (χ0v) is 11.9. The van der Waals surface area contributed by atoms with E-state index in [1.165, 1.54) is 0 Å². The van der Waals surface area contributed by atoms with Gasteiger partial charge in [-0.1, -0.05) is 34.1 Å². The topological polar surface area (TPSA) is 46.3 Å². The second kappa shape index (κ2) is 6.77. The lowest BCUT2D eigenvalue weighted by Crippen LogP contribution is -2.39. The van der Waals surface area contributed by atoms with Gasteiger partial charge in [0, 0.05) is 30.5 Å². The first kappa shape index (κ1) is 14.2. The van der Waals surface area contributed by atoms with Crippen molar-refractivity contribution in [2.75, 3.05) is 13.6 Å². The van der Waals surface area contributed by atoms with E-state index in [9.17, 15) is 4.79 Å². The van der Waals surface area contributed by atoms with Crippen LogP contribution in [-0.4, -0.2) is 30.4 Å². The molecule has 0 bridgehead atoms. The number of nitrogens with two attached hydrogens (primary N) is 1. The van der Waals surface area contributed by atoms with Gasteiger partial charge in [0.2, 0.25) is 5.91 Å². The van der Waals surface area contributed by atoms with Crippen molar-refractivity contribution in [3.8, 4) is 0 Å². The molecule has 0 fully saturated rings. The zero-order chi connectivity index (χ0) is 12.8. The summed E-state index contributed by atoms with van der Waals surface area (Å²) in [6.07, 6.45) is 1.27. The lowest BCUT2D eigenvalue weighted by molar-refractivity contribution is -0.131. The molecule has 0 saturated carbocycles. The Kier molecular flexibility index (Phi) is 5.65. The minimum Gasteiger partial charge on any atom is -0.342 e. The van der Waals surface area contributed by atoms with Crippen molar-refractivity contribution in [2.45, 2.75) is 25.8 Å². The summed E-state index contributed by atoms with van der Waals surface area (Å²) in [5.74, 6) is 0.138. The standard InChI is InChI=1S/C13H19BrN2O/c1-10(9-15)16(2)13(17)8-7-11-5-3-4-6-12(11)14/h3-6,10H,7-9,15H2,1-2H3. The van der Waals surface area contributed by atoms with Crippen molar-refractivity contribution < 1.29 is 4.79 Å². The van der Waals surface area contributed by atoms with Crippen LogP contribution < -0.4 is 5.73 Å². The van der Waals surface area contributed by atoms with E-state index in [-0.39, 0.29) is 11.9 Å². The first-order valence-corrected chi connectivity index (χ1v) is 6.54. The summed E-state index contributed by atoms with van der Waals surface area (Å²) in [5, 5.41) is 0. The van der Waals surface area contributed by atoms with Gasteiger partial charge in [-0.3, -0.25) is 4.79 Å². The fraction of sp³-hybridized carbons (Fsp3) is 0.462. The van der Waals surface area contributed by atoms with Crippen LogP contribution in [0.5, 0.6) is 0 Å². The molecule has 0 aromatic heterocycles. The molecule has 0 heterocycles. The van der Waals surface area contributed by atoms with Gasteiger partial charge in [-0.05, 0) is 25.0 Å². The first-order chi connectivity index (χ1) is 8.06. The second-order valence-corrected chi connectivity index (χ2v) is 5.04. The van der Waals surface area contributed by atoms with Gasteiger partial charge in [0.05, 0.1) is 0 Å². The number of amides is 1. The van der Waals surface area contributed by atoms with E-state index in [1.54, 1.807) is 11.9 Å². The number of halogens is 1. The number of carbonyl (C=O) groups excluding carboxylic acids is 1. The van der Waals surface area contributed by atoms with E-state index in [0.29, 0.717) is 13.0 Å². The minimum atomic E-state index is 0.0988. The lowest BCUT2D eigenvalue weighted by atomic mass is 10.1. The number of nitrogens with zero attached hydrogens (tertiary/aromatic N) is 1. The Balaban J connectivity index is 2.51. The maximum absolute atomic E-state index is 11.9. The van der Waals surface area contributed by atoms with E-state index in [1.807, 2.05) is 31.2 Å². The molecule has 0 aliphatic heterocycles. The van der Waals surface area contributed by atoms with Crippen LogP contribution >= 0.6 is 15.9 Å². The normalized spacial score (nSPS) is 12.2. The molecule has 94 valence electrons. The summed E-state index contributed by atoms with van der Waals surface area (Å²) in [5.41, 5.74) is 6.70. The van der Waals surface area contributed by atoms with E-state index >= 15 is 0 Å². The van der Waals surface area contributed by atoms with Gasteiger partial charge in [-0.15, -0.1) is 0 Å². The quantitative estimate of drug-likeness (QED) is 0.906. The molecule has 1 aromatic carbocycles. The van der Waals surface area contributed by atoms with Crippen LogP contribution in [0.2, 0.25) is 0 Å². The molecule has 1 unspecified atom stereocenters. The summed E-state index contributed by atoms with van der Waals surface area (Å²) in [6, 6.07) is 8.08. The monoisotopic (exact) mass is 298 g/mol. The van der Waals surface area contributed by atoms with Gasteiger partial charge in [-0.2, -0.15) is 0 Å². The molecule has 1 rings (SSSR count). The van der Waals surface area contributed by atoms with Crippen molar-refractivity contribution in [1.29, 1.82) is 0 Å². The number of hydrogen-bond donors (Lipinski definition) is 1. The Labute approximate surface area is 111 Å². The SMILES string of the molecule is CC(CN)N(C)C(=O)CCc1ccccc1Br. The van der Waals surface area contributed by atoms with Crippen LogP contribution in [0.15, 0.2) is 28.7 Å². The average molecular weight is 299 g/mol. The number of aryl methyl sites for hydroxylation is 1. The van der Waals surface area contributed by atoms with Crippen LogP contribution in [0.1, 0.15) is 18.9 Å². The van der Waals surface area contributed by atoms with Crippen molar-refractivity contribution in [3.05, 3.63) is 34.3 Å². The predicted molar refractivity (Wildman–Crippen MR) is 73.7 cm³/mol. The summed E-state index contributed by atoms with van der Waals surface area (Å²) in [7, 11) is 1.81. The molecule has 0 aliphatic rings. The maximum Gasteiger partial charge on any atom is 0.222 e. The average Bonchev–Trinajstić information content (AvgIpc) is 2.35. The van der Waals surface area contributed by atoms with E-state index < -0.39 is 0 Å². The molecule has 2 N–H and O–H groups in total. The van der Waals surface area contributed by atoms with Gasteiger partial charge >= 0.3 is 0 Å². The third-order valence-corrected chi connectivity index (χ3v) is 3.74.